The Balaban J connectivity index is 1.51. The van der Waals surface area contributed by atoms with Gasteiger partial charge in [-0.15, -0.1) is 10.2 Å². The van der Waals surface area contributed by atoms with Crippen molar-refractivity contribution >= 4 is 23.4 Å². The van der Waals surface area contributed by atoms with Crippen molar-refractivity contribution in [1.29, 1.82) is 0 Å². The molecular weight excluding hydrogens is 386 g/mol. The van der Waals surface area contributed by atoms with Crippen molar-refractivity contribution in [3.8, 4) is 5.75 Å². The third-order valence-electron chi connectivity index (χ3n) is 4.33. The van der Waals surface area contributed by atoms with Crippen molar-refractivity contribution in [1.82, 2.24) is 10.2 Å². The van der Waals surface area contributed by atoms with Crippen LogP contribution in [0, 0.1) is 13.8 Å². The lowest BCUT2D eigenvalue weighted by Crippen LogP contribution is -2.15. The predicted octanol–water partition coefficient (Wildman–Crippen LogP) is 5.12. The highest BCUT2D eigenvalue weighted by atomic mass is 32.2. The van der Waals surface area contributed by atoms with Gasteiger partial charge in [0, 0.05) is 5.69 Å². The fraction of sp³-hybridized carbons (Fsp3) is 0.318. The third-order valence-corrected chi connectivity index (χ3v) is 5.15. The van der Waals surface area contributed by atoms with E-state index < -0.39 is 0 Å². The smallest absolute Gasteiger partial charge is 0.277 e. The Labute approximate surface area is 175 Å². The van der Waals surface area contributed by atoms with Crippen molar-refractivity contribution in [3.05, 3.63) is 65.0 Å². The molecule has 3 rings (SSSR count). The third kappa shape index (κ3) is 5.84. The fourth-order valence-electron chi connectivity index (χ4n) is 2.79. The summed E-state index contributed by atoms with van der Waals surface area (Å²) in [5, 5.41) is 11.3. The van der Waals surface area contributed by atoms with E-state index in [1.807, 2.05) is 56.3 Å². The number of thioether (sulfide) groups is 1. The maximum Gasteiger partial charge on any atom is 0.277 e. The molecule has 1 N–H and O–H groups in total. The van der Waals surface area contributed by atoms with Gasteiger partial charge >= 0.3 is 0 Å². The number of aryl methyl sites for hydroxylation is 2. The largest absolute Gasteiger partial charge is 0.484 e. The fourth-order valence-corrected chi connectivity index (χ4v) is 3.37. The van der Waals surface area contributed by atoms with Crippen LogP contribution in [0.15, 0.2) is 52.1 Å². The number of nitrogens with one attached hydrogen (secondary N) is 1. The zero-order chi connectivity index (χ0) is 20.8. The molecule has 1 amide bonds. The molecule has 1 heterocycles. The molecule has 0 bridgehead atoms. The highest BCUT2D eigenvalue weighted by molar-refractivity contribution is 7.99. The van der Waals surface area contributed by atoms with Gasteiger partial charge in [0.1, 0.15) is 5.75 Å². The van der Waals surface area contributed by atoms with Gasteiger partial charge in [0.25, 0.3) is 11.1 Å². The molecule has 0 atom stereocenters. The van der Waals surface area contributed by atoms with Crippen LogP contribution in [0.5, 0.6) is 5.75 Å². The maximum absolute atomic E-state index is 12.3. The van der Waals surface area contributed by atoms with Crippen LogP contribution in [0.2, 0.25) is 0 Å². The molecule has 0 fully saturated rings. The molecule has 7 heteroatoms. The van der Waals surface area contributed by atoms with Crippen LogP contribution in [0.25, 0.3) is 0 Å². The Morgan fingerprint density at radius 2 is 1.97 bits per heavy atom. The monoisotopic (exact) mass is 411 g/mol. The van der Waals surface area contributed by atoms with E-state index in [0.29, 0.717) is 17.0 Å². The summed E-state index contributed by atoms with van der Waals surface area (Å²) < 4.78 is 11.3. The molecule has 29 heavy (non-hydrogen) atoms. The van der Waals surface area contributed by atoms with Gasteiger partial charge in [0.05, 0.1) is 5.75 Å². The number of benzene rings is 2. The zero-order valence-corrected chi connectivity index (χ0v) is 17.9. The number of hydrogen-bond donors (Lipinski definition) is 1. The van der Waals surface area contributed by atoms with Crippen molar-refractivity contribution < 1.29 is 13.9 Å². The van der Waals surface area contributed by atoms with Gasteiger partial charge in [-0.05, 0) is 48.6 Å². The summed E-state index contributed by atoms with van der Waals surface area (Å²) in [6, 6.07) is 13.8. The second-order valence-corrected chi connectivity index (χ2v) is 8.02. The summed E-state index contributed by atoms with van der Waals surface area (Å²) in [6.07, 6.45) is 0. The normalized spacial score (nSPS) is 10.9. The lowest BCUT2D eigenvalue weighted by atomic mass is 10.0. The van der Waals surface area contributed by atoms with E-state index in [-0.39, 0.29) is 18.3 Å². The highest BCUT2D eigenvalue weighted by Crippen LogP contribution is 2.25. The summed E-state index contributed by atoms with van der Waals surface area (Å²) >= 11 is 1.20. The molecule has 0 radical (unpaired) electrons. The SMILES string of the molecule is Cc1ccc(C)c(OCc2nnc(SCC(=O)Nc3ccccc3C(C)C)o2)c1. The molecule has 3 aromatic rings. The molecule has 0 spiro atoms. The number of aromatic nitrogens is 2. The average molecular weight is 412 g/mol. The number of carbonyl (C=O) groups excluding carboxylic acids is 1. The molecule has 0 saturated heterocycles. The van der Waals surface area contributed by atoms with Crippen LogP contribution >= 0.6 is 11.8 Å². The van der Waals surface area contributed by atoms with Gasteiger partial charge in [-0.2, -0.15) is 0 Å². The number of nitrogens with zero attached hydrogens (tertiary/aromatic N) is 2. The second kappa shape index (κ2) is 9.60. The Morgan fingerprint density at radius 1 is 1.17 bits per heavy atom. The van der Waals surface area contributed by atoms with E-state index in [0.717, 1.165) is 28.1 Å². The molecule has 0 aliphatic rings. The molecule has 0 aliphatic carbocycles. The minimum Gasteiger partial charge on any atom is -0.484 e. The first-order chi connectivity index (χ1) is 13.9. The summed E-state index contributed by atoms with van der Waals surface area (Å²) in [7, 11) is 0. The number of hydrogen-bond acceptors (Lipinski definition) is 6. The molecule has 152 valence electrons. The molecule has 0 saturated carbocycles. The topological polar surface area (TPSA) is 77.2 Å². The average Bonchev–Trinajstić information content (AvgIpc) is 3.15. The van der Waals surface area contributed by atoms with E-state index >= 15 is 0 Å². The summed E-state index contributed by atoms with van der Waals surface area (Å²) in [5.41, 5.74) is 4.11. The quantitative estimate of drug-likeness (QED) is 0.519. The number of carbonyl (C=O) groups is 1. The van der Waals surface area contributed by atoms with E-state index in [9.17, 15) is 4.79 Å². The van der Waals surface area contributed by atoms with E-state index in [1.54, 1.807) is 0 Å². The summed E-state index contributed by atoms with van der Waals surface area (Å²) in [4.78, 5) is 12.3. The Hall–Kier alpha value is -2.80. The Kier molecular flexibility index (Phi) is 6.93. The number of anilines is 1. The van der Waals surface area contributed by atoms with Crippen molar-refractivity contribution in [3.63, 3.8) is 0 Å². The molecule has 2 aromatic carbocycles. The molecule has 0 aliphatic heterocycles. The summed E-state index contributed by atoms with van der Waals surface area (Å²) in [6.45, 7) is 8.38. The van der Waals surface area contributed by atoms with Crippen molar-refractivity contribution in [2.24, 2.45) is 0 Å². The lowest BCUT2D eigenvalue weighted by molar-refractivity contribution is -0.113. The first-order valence-electron chi connectivity index (χ1n) is 9.46. The zero-order valence-electron chi connectivity index (χ0n) is 17.1. The van der Waals surface area contributed by atoms with Crippen LogP contribution < -0.4 is 10.1 Å². The molecule has 1 aromatic heterocycles. The maximum atomic E-state index is 12.3. The van der Waals surface area contributed by atoms with Gasteiger partial charge < -0.3 is 14.5 Å². The number of para-hydroxylation sites is 1. The lowest BCUT2D eigenvalue weighted by Gasteiger charge is -2.13. The number of ether oxygens (including phenoxy) is 1. The van der Waals surface area contributed by atoms with Crippen LogP contribution in [-0.4, -0.2) is 21.9 Å². The first kappa shape index (κ1) is 20.9. The first-order valence-corrected chi connectivity index (χ1v) is 10.4. The van der Waals surface area contributed by atoms with Crippen molar-refractivity contribution in [2.75, 3.05) is 11.1 Å². The van der Waals surface area contributed by atoms with E-state index in [1.165, 1.54) is 11.8 Å². The van der Waals surface area contributed by atoms with Gasteiger partial charge in [-0.25, -0.2) is 0 Å². The summed E-state index contributed by atoms with van der Waals surface area (Å²) in [5.74, 6) is 1.56. The van der Waals surface area contributed by atoms with Crippen LogP contribution in [0.1, 0.15) is 42.3 Å². The van der Waals surface area contributed by atoms with Crippen molar-refractivity contribution in [2.45, 2.75) is 45.4 Å². The van der Waals surface area contributed by atoms with Crippen LogP contribution in [0.4, 0.5) is 5.69 Å². The minimum absolute atomic E-state index is 0.116. The Morgan fingerprint density at radius 3 is 2.76 bits per heavy atom. The van der Waals surface area contributed by atoms with Gasteiger partial charge in [-0.1, -0.05) is 55.9 Å². The predicted molar refractivity (Wildman–Crippen MR) is 114 cm³/mol. The minimum atomic E-state index is -0.116. The Bertz CT molecular complexity index is 985. The number of amides is 1. The van der Waals surface area contributed by atoms with E-state index in [2.05, 4.69) is 29.4 Å². The molecular formula is C22H25N3O3S. The van der Waals surface area contributed by atoms with Gasteiger partial charge in [0.15, 0.2) is 6.61 Å². The van der Waals surface area contributed by atoms with Crippen LogP contribution in [-0.2, 0) is 11.4 Å². The second-order valence-electron chi connectivity index (χ2n) is 7.10. The molecule has 0 unspecified atom stereocenters. The highest BCUT2D eigenvalue weighted by Gasteiger charge is 2.13. The van der Waals surface area contributed by atoms with Gasteiger partial charge in [0.2, 0.25) is 5.91 Å². The van der Waals surface area contributed by atoms with Gasteiger partial charge in [-0.3, -0.25) is 4.79 Å². The number of rotatable bonds is 8. The standard InChI is InChI=1S/C22H25N3O3S/c1-14(2)17-7-5-6-8-18(17)23-20(26)13-29-22-25-24-21(28-22)12-27-19-11-15(3)9-10-16(19)4/h5-11,14H,12-13H2,1-4H3,(H,23,26). The van der Waals surface area contributed by atoms with E-state index in [4.69, 9.17) is 9.15 Å². The molecule has 6 nitrogen and oxygen atoms in total. The van der Waals surface area contributed by atoms with Crippen LogP contribution in [0.3, 0.4) is 0 Å².